The molecule has 0 atom stereocenters. The summed E-state index contributed by atoms with van der Waals surface area (Å²) >= 11 is 0. The quantitative estimate of drug-likeness (QED) is 0.863. The average molecular weight is 259 g/mol. The predicted octanol–water partition coefficient (Wildman–Crippen LogP) is 1.24. The van der Waals surface area contributed by atoms with Gasteiger partial charge >= 0.3 is 5.97 Å². The number of nitrogens with zero attached hydrogens (tertiary/aromatic N) is 1. The van der Waals surface area contributed by atoms with Gasteiger partial charge in [-0.05, 0) is 19.9 Å². The van der Waals surface area contributed by atoms with Crippen molar-refractivity contribution in [3.63, 3.8) is 0 Å². The first-order chi connectivity index (χ1) is 7.78. The van der Waals surface area contributed by atoms with Crippen molar-refractivity contribution in [2.45, 2.75) is 27.3 Å². The molecule has 1 N–H and O–H groups in total. The van der Waals surface area contributed by atoms with Crippen LogP contribution in [0.4, 0.5) is 0 Å². The number of aromatic nitrogens is 1. The van der Waals surface area contributed by atoms with E-state index >= 15 is 0 Å². The summed E-state index contributed by atoms with van der Waals surface area (Å²) in [6, 6.07) is 1.57. The van der Waals surface area contributed by atoms with E-state index in [1.807, 2.05) is 0 Å². The van der Waals surface area contributed by atoms with Crippen molar-refractivity contribution in [1.29, 1.82) is 0 Å². The van der Waals surface area contributed by atoms with E-state index in [1.165, 1.54) is 0 Å². The van der Waals surface area contributed by atoms with Crippen molar-refractivity contribution >= 4 is 15.8 Å². The number of hydrogen-bond donors (Lipinski definition) is 1. The van der Waals surface area contributed by atoms with Gasteiger partial charge in [-0.2, -0.15) is 0 Å². The van der Waals surface area contributed by atoms with Crippen molar-refractivity contribution < 1.29 is 18.3 Å². The second-order valence-electron chi connectivity index (χ2n) is 3.98. The van der Waals surface area contributed by atoms with Crippen molar-refractivity contribution in [1.82, 2.24) is 4.57 Å². The lowest BCUT2D eigenvalue weighted by Crippen LogP contribution is -2.16. The zero-order valence-electron chi connectivity index (χ0n) is 10.2. The number of carbonyl (C=O) groups is 1. The van der Waals surface area contributed by atoms with Crippen LogP contribution in [-0.2, 0) is 16.4 Å². The predicted molar refractivity (Wildman–Crippen MR) is 65.2 cm³/mol. The van der Waals surface area contributed by atoms with Crippen molar-refractivity contribution in [2.75, 3.05) is 11.5 Å². The standard InChI is InChI=1S/C11H17NO4S/c1-4-17(15,16)6-5-12-8(2)7-10(9(12)3)11(13)14/h7H,4-6H2,1-3H3,(H,13,14). The second kappa shape index (κ2) is 4.91. The largest absolute Gasteiger partial charge is 0.478 e. The maximum atomic E-state index is 11.4. The van der Waals surface area contributed by atoms with Crippen molar-refractivity contribution in [2.24, 2.45) is 0 Å². The Morgan fingerprint density at radius 1 is 1.41 bits per heavy atom. The van der Waals surface area contributed by atoms with Crippen LogP contribution in [0.2, 0.25) is 0 Å². The number of carboxylic acid groups (broad SMARTS) is 1. The lowest BCUT2D eigenvalue weighted by Gasteiger charge is -2.09. The van der Waals surface area contributed by atoms with Gasteiger partial charge in [0.05, 0.1) is 11.3 Å². The topological polar surface area (TPSA) is 76.4 Å². The van der Waals surface area contributed by atoms with Gasteiger partial charge in [0.25, 0.3) is 0 Å². The molecule has 1 aromatic heterocycles. The first kappa shape index (κ1) is 13.8. The molecule has 1 heterocycles. The van der Waals surface area contributed by atoms with Gasteiger partial charge in [-0.15, -0.1) is 0 Å². The zero-order valence-corrected chi connectivity index (χ0v) is 11.0. The minimum atomic E-state index is -3.03. The van der Waals surface area contributed by atoms with E-state index in [0.717, 1.165) is 5.69 Å². The Bertz CT molecular complexity index is 528. The van der Waals surface area contributed by atoms with Gasteiger partial charge in [0.1, 0.15) is 0 Å². The second-order valence-corrected chi connectivity index (χ2v) is 6.45. The van der Waals surface area contributed by atoms with Crippen LogP contribution in [0.25, 0.3) is 0 Å². The molecule has 0 saturated heterocycles. The van der Waals surface area contributed by atoms with Crippen LogP contribution < -0.4 is 0 Å². The van der Waals surface area contributed by atoms with Crippen LogP contribution in [-0.4, -0.2) is 35.6 Å². The molecule has 0 aliphatic carbocycles. The Morgan fingerprint density at radius 2 is 2.00 bits per heavy atom. The maximum Gasteiger partial charge on any atom is 0.337 e. The fourth-order valence-electron chi connectivity index (χ4n) is 1.74. The van der Waals surface area contributed by atoms with Gasteiger partial charge in [0.2, 0.25) is 0 Å². The first-order valence-electron chi connectivity index (χ1n) is 5.39. The lowest BCUT2D eigenvalue weighted by molar-refractivity contribution is 0.0696. The third-order valence-electron chi connectivity index (χ3n) is 2.87. The fourth-order valence-corrected chi connectivity index (χ4v) is 2.49. The third-order valence-corrected chi connectivity index (χ3v) is 4.55. The highest BCUT2D eigenvalue weighted by Gasteiger charge is 2.16. The Balaban J connectivity index is 2.97. The minimum Gasteiger partial charge on any atom is -0.478 e. The Morgan fingerprint density at radius 3 is 2.41 bits per heavy atom. The summed E-state index contributed by atoms with van der Waals surface area (Å²) in [6.07, 6.45) is 0. The fraction of sp³-hybridized carbons (Fsp3) is 0.545. The maximum absolute atomic E-state index is 11.4. The van der Waals surface area contributed by atoms with Gasteiger partial charge in [0, 0.05) is 23.7 Å². The molecule has 0 radical (unpaired) electrons. The summed E-state index contributed by atoms with van der Waals surface area (Å²) in [5.74, 6) is -0.834. The van der Waals surface area contributed by atoms with E-state index < -0.39 is 15.8 Å². The van der Waals surface area contributed by atoms with E-state index in [4.69, 9.17) is 5.11 Å². The monoisotopic (exact) mass is 259 g/mol. The van der Waals surface area contributed by atoms with E-state index in [1.54, 1.807) is 31.4 Å². The molecule has 0 amide bonds. The number of sulfone groups is 1. The van der Waals surface area contributed by atoms with E-state index in [0.29, 0.717) is 12.2 Å². The SMILES string of the molecule is CCS(=O)(=O)CCn1c(C)cc(C(=O)O)c1C. The van der Waals surface area contributed by atoms with Crippen LogP contribution in [0.3, 0.4) is 0 Å². The number of aryl methyl sites for hydroxylation is 1. The van der Waals surface area contributed by atoms with E-state index in [9.17, 15) is 13.2 Å². The molecular formula is C11H17NO4S. The molecule has 1 rings (SSSR count). The minimum absolute atomic E-state index is 0.0406. The van der Waals surface area contributed by atoms with Crippen LogP contribution in [0.1, 0.15) is 28.7 Å². The summed E-state index contributed by atoms with van der Waals surface area (Å²) in [5.41, 5.74) is 1.60. The van der Waals surface area contributed by atoms with E-state index in [-0.39, 0.29) is 17.1 Å². The summed E-state index contributed by atoms with van der Waals surface area (Å²) < 4.78 is 24.5. The van der Waals surface area contributed by atoms with Crippen LogP contribution in [0, 0.1) is 13.8 Å². The molecule has 5 nitrogen and oxygen atoms in total. The summed E-state index contributed by atoms with van der Waals surface area (Å²) in [7, 11) is -3.03. The molecular weight excluding hydrogens is 242 g/mol. The van der Waals surface area contributed by atoms with Gasteiger partial charge in [-0.3, -0.25) is 0 Å². The van der Waals surface area contributed by atoms with E-state index in [2.05, 4.69) is 0 Å². The van der Waals surface area contributed by atoms with Crippen molar-refractivity contribution in [3.05, 3.63) is 23.0 Å². The number of hydrogen-bond acceptors (Lipinski definition) is 3. The zero-order chi connectivity index (χ0) is 13.2. The highest BCUT2D eigenvalue weighted by molar-refractivity contribution is 7.91. The molecule has 1 aromatic rings. The highest BCUT2D eigenvalue weighted by Crippen LogP contribution is 2.15. The van der Waals surface area contributed by atoms with Crippen molar-refractivity contribution in [3.8, 4) is 0 Å². The Kier molecular flexibility index (Phi) is 3.98. The molecule has 6 heteroatoms. The van der Waals surface area contributed by atoms with Gasteiger partial charge in [-0.25, -0.2) is 13.2 Å². The molecule has 0 bridgehead atoms. The van der Waals surface area contributed by atoms with Crippen LogP contribution in [0.5, 0.6) is 0 Å². The van der Waals surface area contributed by atoms with Gasteiger partial charge in [-0.1, -0.05) is 6.92 Å². The van der Waals surface area contributed by atoms with Gasteiger partial charge < -0.3 is 9.67 Å². The Hall–Kier alpha value is -1.30. The number of rotatable bonds is 5. The molecule has 0 saturated carbocycles. The summed E-state index contributed by atoms with van der Waals surface area (Å²) in [5, 5.41) is 8.95. The summed E-state index contributed by atoms with van der Waals surface area (Å²) in [6.45, 7) is 5.38. The highest BCUT2D eigenvalue weighted by atomic mass is 32.2. The summed E-state index contributed by atoms with van der Waals surface area (Å²) in [4.78, 5) is 10.9. The normalized spacial score (nSPS) is 11.7. The average Bonchev–Trinajstić information content (AvgIpc) is 2.52. The van der Waals surface area contributed by atoms with Gasteiger partial charge in [0.15, 0.2) is 9.84 Å². The molecule has 0 spiro atoms. The third kappa shape index (κ3) is 3.09. The number of carboxylic acids is 1. The number of aromatic carboxylic acids is 1. The smallest absolute Gasteiger partial charge is 0.337 e. The molecule has 17 heavy (non-hydrogen) atoms. The molecule has 0 aliphatic heterocycles. The van der Waals surface area contributed by atoms with Crippen LogP contribution in [0.15, 0.2) is 6.07 Å². The molecule has 0 aliphatic rings. The molecule has 0 aromatic carbocycles. The molecule has 0 fully saturated rings. The Labute approximate surface area is 101 Å². The molecule has 0 unspecified atom stereocenters. The van der Waals surface area contributed by atoms with Crippen LogP contribution >= 0.6 is 0 Å². The lowest BCUT2D eigenvalue weighted by atomic mass is 10.2. The molecule has 96 valence electrons. The first-order valence-corrected chi connectivity index (χ1v) is 7.21.